The molecule has 0 aliphatic carbocycles. The lowest BCUT2D eigenvalue weighted by Crippen LogP contribution is -2.44. The molecule has 0 unspecified atom stereocenters. The van der Waals surface area contributed by atoms with Crippen LogP contribution in [-0.2, 0) is 21.0 Å². The Kier molecular flexibility index (Phi) is 4.69. The average molecular weight is 325 g/mol. The number of sulfonamides is 1. The van der Waals surface area contributed by atoms with E-state index in [-0.39, 0.29) is 4.90 Å². The zero-order chi connectivity index (χ0) is 16.5. The SMILES string of the molecule is CC(C)(CC(=O)O)NS(=O)(=O)c1ccc(C(F)(F)F)cc1. The molecule has 0 saturated heterocycles. The van der Waals surface area contributed by atoms with Gasteiger partial charge in [0, 0.05) is 5.54 Å². The van der Waals surface area contributed by atoms with Gasteiger partial charge < -0.3 is 5.11 Å². The summed E-state index contributed by atoms with van der Waals surface area (Å²) in [6.07, 6.45) is -5.02. The molecule has 0 aliphatic rings. The first-order valence-electron chi connectivity index (χ1n) is 5.76. The molecule has 9 heteroatoms. The normalized spacial score (nSPS) is 13.2. The second kappa shape index (κ2) is 5.64. The Morgan fingerprint density at radius 1 is 1.19 bits per heavy atom. The maximum Gasteiger partial charge on any atom is 0.416 e. The van der Waals surface area contributed by atoms with Crippen molar-refractivity contribution in [2.45, 2.75) is 36.9 Å². The van der Waals surface area contributed by atoms with Crippen molar-refractivity contribution in [3.63, 3.8) is 0 Å². The Morgan fingerprint density at radius 3 is 2.05 bits per heavy atom. The Morgan fingerprint density at radius 2 is 1.67 bits per heavy atom. The van der Waals surface area contributed by atoms with Crippen molar-refractivity contribution in [3.8, 4) is 0 Å². The Bertz CT molecular complexity index is 621. The summed E-state index contributed by atoms with van der Waals surface area (Å²) in [5.41, 5.74) is -2.24. The predicted octanol–water partition coefficient (Wildman–Crippen LogP) is 2.24. The number of rotatable bonds is 5. The molecule has 0 spiro atoms. The minimum atomic E-state index is -4.56. The van der Waals surface area contributed by atoms with Gasteiger partial charge in [-0.15, -0.1) is 0 Å². The average Bonchev–Trinajstić information content (AvgIpc) is 2.24. The van der Waals surface area contributed by atoms with Gasteiger partial charge in [0.2, 0.25) is 10.0 Å². The van der Waals surface area contributed by atoms with Crippen LogP contribution in [-0.4, -0.2) is 25.0 Å². The fraction of sp³-hybridized carbons (Fsp3) is 0.417. The summed E-state index contributed by atoms with van der Waals surface area (Å²) in [5, 5.41) is 8.68. The van der Waals surface area contributed by atoms with Crippen LogP contribution in [0.2, 0.25) is 0 Å². The fourth-order valence-electron chi connectivity index (χ4n) is 1.66. The van der Waals surface area contributed by atoms with Gasteiger partial charge >= 0.3 is 12.1 Å². The summed E-state index contributed by atoms with van der Waals surface area (Å²) < 4.78 is 63.4. The van der Waals surface area contributed by atoms with Gasteiger partial charge in [-0.1, -0.05) is 0 Å². The summed E-state index contributed by atoms with van der Waals surface area (Å²) in [5.74, 6) is -1.20. The van der Waals surface area contributed by atoms with E-state index in [1.807, 2.05) is 0 Å². The fourth-order valence-corrected chi connectivity index (χ4v) is 3.07. The molecule has 1 rings (SSSR count). The van der Waals surface area contributed by atoms with Crippen molar-refractivity contribution in [1.29, 1.82) is 0 Å². The minimum Gasteiger partial charge on any atom is -0.481 e. The number of aliphatic carboxylic acids is 1. The topological polar surface area (TPSA) is 83.5 Å². The van der Waals surface area contributed by atoms with E-state index in [9.17, 15) is 26.4 Å². The van der Waals surface area contributed by atoms with E-state index in [1.165, 1.54) is 13.8 Å². The van der Waals surface area contributed by atoms with E-state index in [1.54, 1.807) is 0 Å². The zero-order valence-corrected chi connectivity index (χ0v) is 12.0. The van der Waals surface area contributed by atoms with Crippen molar-refractivity contribution in [2.75, 3.05) is 0 Å². The number of hydrogen-bond acceptors (Lipinski definition) is 3. The van der Waals surface area contributed by atoms with Crippen LogP contribution in [0.3, 0.4) is 0 Å². The number of carboxylic acid groups (broad SMARTS) is 1. The van der Waals surface area contributed by atoms with Gasteiger partial charge in [-0.2, -0.15) is 13.2 Å². The van der Waals surface area contributed by atoms with E-state index in [0.29, 0.717) is 12.1 Å². The van der Waals surface area contributed by atoms with Gasteiger partial charge in [0.1, 0.15) is 0 Å². The molecule has 2 N–H and O–H groups in total. The lowest BCUT2D eigenvalue weighted by molar-refractivity contribution is -0.138. The second-order valence-electron chi connectivity index (χ2n) is 5.08. The Hall–Kier alpha value is -1.61. The van der Waals surface area contributed by atoms with E-state index in [4.69, 9.17) is 5.11 Å². The van der Waals surface area contributed by atoms with Crippen LogP contribution in [0.25, 0.3) is 0 Å². The summed E-state index contributed by atoms with van der Waals surface area (Å²) in [6, 6.07) is 2.95. The van der Waals surface area contributed by atoms with Crippen molar-refractivity contribution in [2.24, 2.45) is 0 Å². The van der Waals surface area contributed by atoms with Gasteiger partial charge in [0.15, 0.2) is 0 Å². The molecule has 0 heterocycles. The highest BCUT2D eigenvalue weighted by atomic mass is 32.2. The van der Waals surface area contributed by atoms with Crippen LogP contribution in [0.15, 0.2) is 29.2 Å². The monoisotopic (exact) mass is 325 g/mol. The van der Waals surface area contributed by atoms with Crippen molar-refractivity contribution < 1.29 is 31.5 Å². The lowest BCUT2D eigenvalue weighted by atomic mass is 10.0. The molecule has 0 aliphatic heterocycles. The highest BCUT2D eigenvalue weighted by Gasteiger charge is 2.32. The summed E-state index contributed by atoms with van der Waals surface area (Å²) in [6.45, 7) is 2.73. The summed E-state index contributed by atoms with van der Waals surface area (Å²) in [7, 11) is -4.11. The Balaban J connectivity index is 3.01. The number of benzene rings is 1. The van der Waals surface area contributed by atoms with E-state index < -0.39 is 39.7 Å². The molecule has 1 aromatic carbocycles. The molecule has 0 atom stereocenters. The highest BCUT2D eigenvalue weighted by molar-refractivity contribution is 7.89. The van der Waals surface area contributed by atoms with Crippen LogP contribution in [0.4, 0.5) is 13.2 Å². The van der Waals surface area contributed by atoms with Crippen molar-refractivity contribution in [3.05, 3.63) is 29.8 Å². The molecule has 0 fully saturated rings. The molecule has 0 saturated carbocycles. The van der Waals surface area contributed by atoms with Crippen LogP contribution < -0.4 is 4.72 Å². The lowest BCUT2D eigenvalue weighted by Gasteiger charge is -2.24. The van der Waals surface area contributed by atoms with E-state index in [0.717, 1.165) is 12.1 Å². The maximum atomic E-state index is 12.4. The molecule has 0 aromatic heterocycles. The predicted molar refractivity (Wildman–Crippen MR) is 68.1 cm³/mol. The standard InChI is InChI=1S/C12H14F3NO4S/c1-11(2,7-10(17)18)16-21(19,20)9-5-3-8(4-6-9)12(13,14)15/h3-6,16H,7H2,1-2H3,(H,17,18). The van der Waals surface area contributed by atoms with Gasteiger partial charge in [-0.25, -0.2) is 13.1 Å². The first-order chi connectivity index (χ1) is 9.33. The van der Waals surface area contributed by atoms with Gasteiger partial charge in [-0.05, 0) is 38.1 Å². The minimum absolute atomic E-state index is 0.367. The number of nitrogens with one attached hydrogen (secondary N) is 1. The largest absolute Gasteiger partial charge is 0.481 e. The van der Waals surface area contributed by atoms with E-state index >= 15 is 0 Å². The summed E-state index contributed by atoms with van der Waals surface area (Å²) in [4.78, 5) is 10.3. The molecule has 21 heavy (non-hydrogen) atoms. The number of hydrogen-bond donors (Lipinski definition) is 2. The van der Waals surface area contributed by atoms with Crippen LogP contribution in [0.5, 0.6) is 0 Å². The molecule has 118 valence electrons. The highest BCUT2D eigenvalue weighted by Crippen LogP contribution is 2.29. The van der Waals surface area contributed by atoms with Crippen LogP contribution >= 0.6 is 0 Å². The molecule has 0 radical (unpaired) electrons. The third-order valence-electron chi connectivity index (χ3n) is 2.50. The Labute approximate surface area is 119 Å². The van der Waals surface area contributed by atoms with Gasteiger partial charge in [0.05, 0.1) is 16.9 Å². The maximum absolute atomic E-state index is 12.4. The van der Waals surface area contributed by atoms with Crippen molar-refractivity contribution >= 4 is 16.0 Å². The third-order valence-corrected chi connectivity index (χ3v) is 4.21. The van der Waals surface area contributed by atoms with E-state index in [2.05, 4.69) is 4.72 Å². The molecular weight excluding hydrogens is 311 g/mol. The molecule has 0 bridgehead atoms. The molecule has 5 nitrogen and oxygen atoms in total. The number of carbonyl (C=O) groups is 1. The number of halogens is 3. The van der Waals surface area contributed by atoms with Gasteiger partial charge in [0.25, 0.3) is 0 Å². The van der Waals surface area contributed by atoms with Crippen LogP contribution in [0.1, 0.15) is 25.8 Å². The number of alkyl halides is 3. The smallest absolute Gasteiger partial charge is 0.416 e. The van der Waals surface area contributed by atoms with Crippen LogP contribution in [0, 0.1) is 0 Å². The second-order valence-corrected chi connectivity index (χ2v) is 6.76. The molecule has 0 amide bonds. The van der Waals surface area contributed by atoms with Gasteiger partial charge in [-0.3, -0.25) is 4.79 Å². The first-order valence-corrected chi connectivity index (χ1v) is 7.25. The van der Waals surface area contributed by atoms with Crippen molar-refractivity contribution in [1.82, 2.24) is 4.72 Å². The quantitative estimate of drug-likeness (QED) is 0.869. The summed E-state index contributed by atoms with van der Waals surface area (Å²) >= 11 is 0. The molecular formula is C12H14F3NO4S. The third kappa shape index (κ3) is 5.01. The number of carboxylic acids is 1. The molecule has 1 aromatic rings. The first kappa shape index (κ1) is 17.4. The zero-order valence-electron chi connectivity index (χ0n) is 11.2.